The van der Waals surface area contributed by atoms with Crippen LogP contribution in [0.15, 0.2) is 12.4 Å². The molecule has 1 N–H and O–H groups in total. The van der Waals surface area contributed by atoms with Crippen LogP contribution in [0.1, 0.15) is 36.9 Å². The molecule has 18 heavy (non-hydrogen) atoms. The summed E-state index contributed by atoms with van der Waals surface area (Å²) in [6.07, 6.45) is 9.02. The van der Waals surface area contributed by atoms with E-state index in [0.717, 1.165) is 13.0 Å². The maximum atomic E-state index is 11.2. The van der Waals surface area contributed by atoms with Crippen molar-refractivity contribution in [1.82, 2.24) is 9.88 Å². The van der Waals surface area contributed by atoms with Crippen molar-refractivity contribution in [3.05, 3.63) is 23.5 Å². The second-order valence-corrected chi connectivity index (χ2v) is 7.37. The number of aromatic nitrogens is 1. The van der Waals surface area contributed by atoms with Gasteiger partial charge in [0.15, 0.2) is 0 Å². The van der Waals surface area contributed by atoms with Crippen LogP contribution in [0.5, 0.6) is 0 Å². The average molecular weight is 270 g/mol. The molecule has 0 saturated heterocycles. The average Bonchev–Trinajstić information content (AvgIpc) is 2.70. The number of sulfone groups is 1. The topological polar surface area (TPSA) is 51.1 Å². The van der Waals surface area contributed by atoms with Gasteiger partial charge in [-0.1, -0.05) is 6.92 Å². The van der Waals surface area contributed by atoms with E-state index in [-0.39, 0.29) is 5.75 Å². The Balaban J connectivity index is 2.11. The van der Waals surface area contributed by atoms with Gasteiger partial charge in [0.1, 0.15) is 9.84 Å². The van der Waals surface area contributed by atoms with Gasteiger partial charge in [0.05, 0.1) is 5.75 Å². The van der Waals surface area contributed by atoms with Crippen molar-refractivity contribution in [3.63, 3.8) is 0 Å². The lowest BCUT2D eigenvalue weighted by atomic mass is 9.91. The Morgan fingerprint density at radius 1 is 1.44 bits per heavy atom. The Morgan fingerprint density at radius 2 is 2.22 bits per heavy atom. The summed E-state index contributed by atoms with van der Waals surface area (Å²) >= 11 is 0. The van der Waals surface area contributed by atoms with E-state index >= 15 is 0 Å². The van der Waals surface area contributed by atoms with Gasteiger partial charge in [-0.25, -0.2) is 8.42 Å². The molecule has 0 radical (unpaired) electrons. The van der Waals surface area contributed by atoms with Crippen LogP contribution in [0.3, 0.4) is 0 Å². The summed E-state index contributed by atoms with van der Waals surface area (Å²) in [6, 6.07) is 0.443. The third kappa shape index (κ3) is 3.36. The summed E-state index contributed by atoms with van der Waals surface area (Å²) in [4.78, 5) is 0. The largest absolute Gasteiger partial charge is 0.353 e. The van der Waals surface area contributed by atoms with Crippen LogP contribution in [0.25, 0.3) is 0 Å². The fourth-order valence-electron chi connectivity index (χ4n) is 2.61. The number of nitrogens with zero attached hydrogens (tertiary/aromatic N) is 1. The normalized spacial score (nSPS) is 19.8. The minimum absolute atomic E-state index is 0.215. The summed E-state index contributed by atoms with van der Waals surface area (Å²) in [5, 5.41) is 3.49. The van der Waals surface area contributed by atoms with Crippen LogP contribution in [0.4, 0.5) is 0 Å². The van der Waals surface area contributed by atoms with Crippen molar-refractivity contribution in [1.29, 1.82) is 0 Å². The van der Waals surface area contributed by atoms with Crippen molar-refractivity contribution in [2.45, 2.75) is 38.8 Å². The SMILES string of the molecule is CCNC1CCCc2cn(CCS(C)(=O)=O)cc21. The zero-order valence-corrected chi connectivity index (χ0v) is 12.0. The van der Waals surface area contributed by atoms with Crippen molar-refractivity contribution in [2.75, 3.05) is 18.6 Å². The lowest BCUT2D eigenvalue weighted by Crippen LogP contribution is -2.23. The summed E-state index contributed by atoms with van der Waals surface area (Å²) in [6.45, 7) is 3.65. The van der Waals surface area contributed by atoms with Gasteiger partial charge in [-0.15, -0.1) is 0 Å². The van der Waals surface area contributed by atoms with Crippen LogP contribution in [-0.2, 0) is 22.8 Å². The highest BCUT2D eigenvalue weighted by atomic mass is 32.2. The maximum Gasteiger partial charge on any atom is 0.149 e. The van der Waals surface area contributed by atoms with E-state index in [1.807, 2.05) is 4.57 Å². The molecule has 1 aromatic heterocycles. The molecule has 102 valence electrons. The van der Waals surface area contributed by atoms with Crippen LogP contribution >= 0.6 is 0 Å². The van der Waals surface area contributed by atoms with Crippen molar-refractivity contribution >= 4 is 9.84 Å². The molecule has 1 atom stereocenters. The quantitative estimate of drug-likeness (QED) is 0.882. The molecule has 4 nitrogen and oxygen atoms in total. The summed E-state index contributed by atoms with van der Waals surface area (Å²) < 4.78 is 24.4. The first kappa shape index (κ1) is 13.6. The number of fused-ring (bicyclic) bond motifs is 1. The fourth-order valence-corrected chi connectivity index (χ4v) is 3.15. The van der Waals surface area contributed by atoms with Crippen LogP contribution in [0.2, 0.25) is 0 Å². The lowest BCUT2D eigenvalue weighted by molar-refractivity contribution is 0.473. The van der Waals surface area contributed by atoms with E-state index in [2.05, 4.69) is 24.6 Å². The van der Waals surface area contributed by atoms with Gasteiger partial charge in [0.25, 0.3) is 0 Å². The molecule has 2 rings (SSSR count). The first-order chi connectivity index (χ1) is 8.49. The van der Waals surface area contributed by atoms with Crippen LogP contribution in [0, 0.1) is 0 Å². The van der Waals surface area contributed by atoms with Gasteiger partial charge < -0.3 is 9.88 Å². The number of nitrogens with one attached hydrogen (secondary N) is 1. The second kappa shape index (κ2) is 5.45. The first-order valence-corrected chi connectivity index (χ1v) is 8.65. The van der Waals surface area contributed by atoms with Gasteiger partial charge in [-0.3, -0.25) is 0 Å². The van der Waals surface area contributed by atoms with Crippen molar-refractivity contribution in [3.8, 4) is 0 Å². The standard InChI is InChI=1S/C13H22N2O2S/c1-3-14-13-6-4-5-11-9-15(10-12(11)13)7-8-18(2,16)17/h9-10,13-14H,3-8H2,1-2H3. The Hall–Kier alpha value is -0.810. The highest BCUT2D eigenvalue weighted by Gasteiger charge is 2.21. The minimum atomic E-state index is -2.88. The third-order valence-electron chi connectivity index (χ3n) is 3.48. The Kier molecular flexibility index (Phi) is 4.12. The molecule has 0 spiro atoms. The molecule has 0 fully saturated rings. The van der Waals surface area contributed by atoms with Gasteiger partial charge in [-0.05, 0) is 36.9 Å². The molecule has 5 heteroatoms. The smallest absolute Gasteiger partial charge is 0.149 e. The Bertz CT molecular complexity index is 505. The van der Waals surface area contributed by atoms with E-state index in [1.54, 1.807) is 0 Å². The highest BCUT2D eigenvalue weighted by Crippen LogP contribution is 2.30. The minimum Gasteiger partial charge on any atom is -0.353 e. The molecule has 0 bridgehead atoms. The van der Waals surface area contributed by atoms with E-state index in [0.29, 0.717) is 12.6 Å². The van der Waals surface area contributed by atoms with Crippen LogP contribution in [-0.4, -0.2) is 31.5 Å². The second-order valence-electron chi connectivity index (χ2n) is 5.11. The predicted molar refractivity (Wildman–Crippen MR) is 73.5 cm³/mol. The van der Waals surface area contributed by atoms with E-state index in [4.69, 9.17) is 0 Å². The zero-order valence-electron chi connectivity index (χ0n) is 11.1. The molecular weight excluding hydrogens is 248 g/mol. The molecule has 1 aliphatic carbocycles. The molecule has 0 aromatic carbocycles. The number of rotatable bonds is 5. The molecule has 1 heterocycles. The fraction of sp³-hybridized carbons (Fsp3) is 0.692. The molecule has 0 amide bonds. The maximum absolute atomic E-state index is 11.2. The highest BCUT2D eigenvalue weighted by molar-refractivity contribution is 7.90. The monoisotopic (exact) mass is 270 g/mol. The Morgan fingerprint density at radius 3 is 2.89 bits per heavy atom. The summed E-state index contributed by atoms with van der Waals surface area (Å²) in [5.41, 5.74) is 2.73. The molecule has 1 aliphatic rings. The Labute approximate surface area is 109 Å². The van der Waals surface area contributed by atoms with Crippen molar-refractivity contribution in [2.24, 2.45) is 0 Å². The number of hydrogen-bond donors (Lipinski definition) is 1. The number of hydrogen-bond acceptors (Lipinski definition) is 3. The molecule has 1 unspecified atom stereocenters. The molecule has 1 aromatic rings. The van der Waals surface area contributed by atoms with E-state index in [1.165, 1.54) is 30.2 Å². The lowest BCUT2D eigenvalue weighted by Gasteiger charge is -2.22. The third-order valence-corrected chi connectivity index (χ3v) is 4.41. The van der Waals surface area contributed by atoms with Gasteiger partial charge >= 0.3 is 0 Å². The first-order valence-electron chi connectivity index (χ1n) is 6.59. The van der Waals surface area contributed by atoms with Gasteiger partial charge in [-0.2, -0.15) is 0 Å². The summed E-state index contributed by atoms with van der Waals surface area (Å²) in [7, 11) is -2.88. The molecule has 0 aliphatic heterocycles. The zero-order chi connectivity index (χ0) is 13.2. The van der Waals surface area contributed by atoms with E-state index < -0.39 is 9.84 Å². The number of aryl methyl sites for hydroxylation is 2. The van der Waals surface area contributed by atoms with Crippen LogP contribution < -0.4 is 5.32 Å². The van der Waals surface area contributed by atoms with Crippen molar-refractivity contribution < 1.29 is 8.42 Å². The van der Waals surface area contributed by atoms with Gasteiger partial charge in [0, 0.05) is 31.2 Å². The predicted octanol–water partition coefficient (Wildman–Crippen LogP) is 1.52. The van der Waals surface area contributed by atoms with E-state index in [9.17, 15) is 8.42 Å². The molecule has 0 saturated carbocycles. The molecular formula is C13H22N2O2S. The van der Waals surface area contributed by atoms with Gasteiger partial charge in [0.2, 0.25) is 0 Å². The summed E-state index contributed by atoms with van der Waals surface area (Å²) in [5.74, 6) is 0.215.